The lowest BCUT2D eigenvalue weighted by atomic mass is 9.91. The second-order valence-corrected chi connectivity index (χ2v) is 7.41. The fourth-order valence-electron chi connectivity index (χ4n) is 2.93. The second-order valence-electron chi connectivity index (χ2n) is 7.41. The van der Waals surface area contributed by atoms with Gasteiger partial charge in [-0.25, -0.2) is 4.57 Å². The summed E-state index contributed by atoms with van der Waals surface area (Å²) >= 11 is 0. The minimum absolute atomic E-state index is 0.0812. The van der Waals surface area contributed by atoms with Gasteiger partial charge in [0.1, 0.15) is 7.05 Å². The number of nitrogens with zero attached hydrogens (tertiary/aromatic N) is 2. The van der Waals surface area contributed by atoms with Gasteiger partial charge in [-0.2, -0.15) is 0 Å². The zero-order valence-electron chi connectivity index (χ0n) is 15.2. The van der Waals surface area contributed by atoms with Gasteiger partial charge < -0.3 is 0 Å². The minimum atomic E-state index is 0.0812. The predicted molar refractivity (Wildman–Crippen MR) is 99.7 cm³/mol. The van der Waals surface area contributed by atoms with Crippen LogP contribution in [-0.4, -0.2) is 4.98 Å². The Labute approximate surface area is 144 Å². The van der Waals surface area contributed by atoms with Crippen molar-refractivity contribution in [3.8, 4) is 22.4 Å². The third-order valence-corrected chi connectivity index (χ3v) is 4.42. The van der Waals surface area contributed by atoms with E-state index in [1.165, 1.54) is 22.4 Å². The first-order chi connectivity index (χ1) is 11.4. The van der Waals surface area contributed by atoms with Crippen LogP contribution in [0.4, 0.5) is 0 Å². The first kappa shape index (κ1) is 16.4. The van der Waals surface area contributed by atoms with Crippen LogP contribution in [0.1, 0.15) is 32.0 Å². The molecule has 0 aliphatic heterocycles. The lowest BCUT2D eigenvalue weighted by Gasteiger charge is -2.17. The van der Waals surface area contributed by atoms with Crippen LogP contribution in [0.3, 0.4) is 0 Å². The topological polar surface area (TPSA) is 16.8 Å². The van der Waals surface area contributed by atoms with Crippen molar-refractivity contribution >= 4 is 0 Å². The van der Waals surface area contributed by atoms with E-state index in [-0.39, 0.29) is 5.41 Å². The Balaban J connectivity index is 1.97. The molecule has 1 aromatic carbocycles. The van der Waals surface area contributed by atoms with Crippen LogP contribution < -0.4 is 4.57 Å². The molecular formula is C22H25N2+. The molecule has 0 unspecified atom stereocenters. The molecule has 2 aromatic heterocycles. The van der Waals surface area contributed by atoms with Gasteiger partial charge in [-0.1, -0.05) is 45.0 Å². The molecule has 0 bridgehead atoms. The molecule has 3 rings (SSSR count). The van der Waals surface area contributed by atoms with Gasteiger partial charge in [0.25, 0.3) is 0 Å². The van der Waals surface area contributed by atoms with E-state index in [1.807, 2.05) is 6.20 Å². The third-order valence-electron chi connectivity index (χ3n) is 4.42. The molecule has 2 nitrogen and oxygen atoms in total. The number of hydrogen-bond acceptors (Lipinski definition) is 1. The summed E-state index contributed by atoms with van der Waals surface area (Å²) in [4.78, 5) is 4.64. The molecule has 3 aromatic rings. The molecule has 0 aliphatic carbocycles. The van der Waals surface area contributed by atoms with Gasteiger partial charge in [0.05, 0.1) is 0 Å². The molecule has 0 amide bonds. The Morgan fingerprint density at radius 2 is 1.58 bits per heavy atom. The van der Waals surface area contributed by atoms with Crippen LogP contribution in [0.25, 0.3) is 22.4 Å². The monoisotopic (exact) mass is 317 g/mol. The summed E-state index contributed by atoms with van der Waals surface area (Å²) in [7, 11) is 2.10. The molecule has 0 saturated carbocycles. The third kappa shape index (κ3) is 3.23. The van der Waals surface area contributed by atoms with Crippen LogP contribution in [0, 0.1) is 6.92 Å². The van der Waals surface area contributed by atoms with Crippen molar-refractivity contribution in [3.63, 3.8) is 0 Å². The van der Waals surface area contributed by atoms with Crippen molar-refractivity contribution in [3.05, 3.63) is 72.2 Å². The summed E-state index contributed by atoms with van der Waals surface area (Å²) in [6.45, 7) is 8.71. The van der Waals surface area contributed by atoms with E-state index in [9.17, 15) is 0 Å². The molecule has 0 N–H and O–H groups in total. The average molecular weight is 317 g/mol. The molecule has 122 valence electrons. The van der Waals surface area contributed by atoms with Crippen molar-refractivity contribution in [2.45, 2.75) is 33.1 Å². The molecular weight excluding hydrogens is 292 g/mol. The fraction of sp³-hybridized carbons (Fsp3) is 0.273. The zero-order chi connectivity index (χ0) is 17.3. The van der Waals surface area contributed by atoms with E-state index >= 15 is 0 Å². The van der Waals surface area contributed by atoms with Gasteiger partial charge in [0.15, 0.2) is 6.20 Å². The number of hydrogen-bond donors (Lipinski definition) is 0. The Hall–Kier alpha value is -2.48. The van der Waals surface area contributed by atoms with E-state index in [4.69, 9.17) is 0 Å². The summed E-state index contributed by atoms with van der Waals surface area (Å²) in [6, 6.07) is 17.1. The maximum absolute atomic E-state index is 4.64. The van der Waals surface area contributed by atoms with E-state index in [0.29, 0.717) is 0 Å². The summed E-state index contributed by atoms with van der Waals surface area (Å²) in [5.41, 5.74) is 7.31. The van der Waals surface area contributed by atoms with Gasteiger partial charge >= 0.3 is 0 Å². The average Bonchev–Trinajstić information content (AvgIpc) is 2.55. The van der Waals surface area contributed by atoms with Crippen molar-refractivity contribution in [2.24, 2.45) is 7.05 Å². The summed E-state index contributed by atoms with van der Waals surface area (Å²) in [5.74, 6) is 0. The van der Waals surface area contributed by atoms with E-state index in [0.717, 1.165) is 11.3 Å². The molecule has 0 fully saturated rings. The zero-order valence-corrected chi connectivity index (χ0v) is 15.2. The normalized spacial score (nSPS) is 11.5. The van der Waals surface area contributed by atoms with Gasteiger partial charge in [-0.05, 0) is 30.7 Å². The number of benzene rings is 1. The Kier molecular flexibility index (Phi) is 4.23. The summed E-state index contributed by atoms with van der Waals surface area (Å²) < 4.78 is 2.19. The minimum Gasteiger partial charge on any atom is -0.260 e. The quantitative estimate of drug-likeness (QED) is 0.618. The van der Waals surface area contributed by atoms with E-state index in [1.54, 1.807) is 0 Å². The first-order valence-corrected chi connectivity index (χ1v) is 8.39. The van der Waals surface area contributed by atoms with Gasteiger partial charge in [-0.15, -0.1) is 0 Å². The second kappa shape index (κ2) is 6.20. The van der Waals surface area contributed by atoms with Crippen molar-refractivity contribution < 1.29 is 4.57 Å². The van der Waals surface area contributed by atoms with Crippen LogP contribution in [0.2, 0.25) is 0 Å². The van der Waals surface area contributed by atoms with Crippen LogP contribution in [0.5, 0.6) is 0 Å². The highest BCUT2D eigenvalue weighted by Crippen LogP contribution is 2.25. The molecule has 0 radical (unpaired) electrons. The molecule has 2 heterocycles. The maximum Gasteiger partial charge on any atom is 0.212 e. The Bertz CT molecular complexity index is 856. The molecule has 0 atom stereocenters. The van der Waals surface area contributed by atoms with Crippen LogP contribution >= 0.6 is 0 Å². The Morgan fingerprint density at radius 3 is 2.17 bits per heavy atom. The SMILES string of the molecule is Cc1ccccc1-c1ccc(-c2ccc(C(C)(C)C)nc2)c[n+]1C. The summed E-state index contributed by atoms with van der Waals surface area (Å²) in [5, 5.41) is 0. The molecule has 0 saturated heterocycles. The number of aromatic nitrogens is 2. The van der Waals surface area contributed by atoms with Crippen LogP contribution in [-0.2, 0) is 12.5 Å². The lowest BCUT2D eigenvalue weighted by Crippen LogP contribution is -2.30. The largest absolute Gasteiger partial charge is 0.260 e. The van der Waals surface area contributed by atoms with E-state index in [2.05, 4.69) is 99.0 Å². The first-order valence-electron chi connectivity index (χ1n) is 8.39. The molecule has 24 heavy (non-hydrogen) atoms. The van der Waals surface area contributed by atoms with Gasteiger partial charge in [0.2, 0.25) is 5.69 Å². The standard InChI is InChI=1S/C22H25N2/c1-16-8-6-7-9-19(16)20-12-10-18(15-24(20)5)17-11-13-21(23-14-17)22(2,3)4/h6-15H,1-5H3/q+1. The fourth-order valence-corrected chi connectivity index (χ4v) is 2.93. The Morgan fingerprint density at radius 1 is 0.875 bits per heavy atom. The molecule has 0 aliphatic rings. The number of rotatable bonds is 2. The number of pyridine rings is 2. The highest BCUT2D eigenvalue weighted by atomic mass is 14.9. The predicted octanol–water partition coefficient (Wildman–Crippen LogP) is 4.85. The van der Waals surface area contributed by atoms with Gasteiger partial charge in [-0.3, -0.25) is 4.98 Å². The van der Waals surface area contributed by atoms with Crippen molar-refractivity contribution in [1.29, 1.82) is 0 Å². The smallest absolute Gasteiger partial charge is 0.212 e. The van der Waals surface area contributed by atoms with E-state index < -0.39 is 0 Å². The molecule has 0 spiro atoms. The maximum atomic E-state index is 4.64. The highest BCUT2D eigenvalue weighted by molar-refractivity contribution is 5.65. The summed E-state index contributed by atoms with van der Waals surface area (Å²) in [6.07, 6.45) is 4.15. The van der Waals surface area contributed by atoms with Crippen LogP contribution in [0.15, 0.2) is 60.9 Å². The van der Waals surface area contributed by atoms with Crippen molar-refractivity contribution in [2.75, 3.05) is 0 Å². The number of aryl methyl sites for hydroxylation is 2. The highest BCUT2D eigenvalue weighted by Gasteiger charge is 2.16. The molecule has 2 heteroatoms. The van der Waals surface area contributed by atoms with Gasteiger partial charge in [0, 0.05) is 40.1 Å². The lowest BCUT2D eigenvalue weighted by molar-refractivity contribution is -0.659. The van der Waals surface area contributed by atoms with Crippen molar-refractivity contribution in [1.82, 2.24) is 4.98 Å².